The topological polar surface area (TPSA) is 104 Å². The lowest BCUT2D eigenvalue weighted by atomic mass is 9.63. The number of fused-ring (bicyclic) bond motifs is 1. The Morgan fingerprint density at radius 3 is 2.76 bits per heavy atom. The van der Waals surface area contributed by atoms with Gasteiger partial charge in [-0.2, -0.15) is 0 Å². The van der Waals surface area contributed by atoms with Gasteiger partial charge in [0, 0.05) is 37.0 Å². The highest BCUT2D eigenvalue weighted by Gasteiger charge is 2.48. The fraction of sp³-hybridized carbons (Fsp3) is 0.545. The van der Waals surface area contributed by atoms with Gasteiger partial charge in [0.05, 0.1) is 37.0 Å². The summed E-state index contributed by atoms with van der Waals surface area (Å²) in [6.07, 6.45) is 4.52. The maximum absolute atomic E-state index is 13.2. The predicted octanol–water partition coefficient (Wildman–Crippen LogP) is 2.42. The largest absolute Gasteiger partial charge is 0.463 e. The number of hydrogen-bond acceptors (Lipinski definition) is 7. The van der Waals surface area contributed by atoms with Crippen LogP contribution >= 0.6 is 0 Å². The van der Waals surface area contributed by atoms with Crippen LogP contribution in [0.15, 0.2) is 40.8 Å². The van der Waals surface area contributed by atoms with Gasteiger partial charge in [-0.1, -0.05) is 19.9 Å². The van der Waals surface area contributed by atoms with Crippen LogP contribution in [0.25, 0.3) is 0 Å². The van der Waals surface area contributed by atoms with E-state index in [1.807, 2.05) is 12.1 Å². The zero-order valence-electron chi connectivity index (χ0n) is 17.3. The summed E-state index contributed by atoms with van der Waals surface area (Å²) in [5, 5.41) is 0. The van der Waals surface area contributed by atoms with Crippen molar-refractivity contribution in [2.24, 2.45) is 22.1 Å². The third-order valence-electron chi connectivity index (χ3n) is 5.29. The Hall–Kier alpha value is -2.38. The van der Waals surface area contributed by atoms with Crippen LogP contribution < -0.4 is 5.73 Å². The molecule has 2 atom stereocenters. The van der Waals surface area contributed by atoms with E-state index in [-0.39, 0.29) is 24.4 Å². The van der Waals surface area contributed by atoms with Crippen LogP contribution in [0.5, 0.6) is 0 Å². The number of ether oxygens (including phenoxy) is 2. The third kappa shape index (κ3) is 4.62. The van der Waals surface area contributed by atoms with Gasteiger partial charge in [0.25, 0.3) is 0 Å². The number of pyridine rings is 1. The summed E-state index contributed by atoms with van der Waals surface area (Å²) in [4.78, 5) is 35.2. The summed E-state index contributed by atoms with van der Waals surface area (Å²) in [6.45, 7) is 7.01. The van der Waals surface area contributed by atoms with E-state index in [0.29, 0.717) is 37.3 Å². The van der Waals surface area contributed by atoms with Crippen molar-refractivity contribution in [3.8, 4) is 0 Å². The Morgan fingerprint density at radius 2 is 2.10 bits per heavy atom. The van der Waals surface area contributed by atoms with Crippen LogP contribution in [0.4, 0.5) is 0 Å². The lowest BCUT2D eigenvalue weighted by Crippen LogP contribution is -2.44. The molecule has 1 saturated carbocycles. The number of nitrogens with two attached hydrogens (primary N) is 1. The van der Waals surface area contributed by atoms with Crippen molar-refractivity contribution in [2.45, 2.75) is 39.5 Å². The van der Waals surface area contributed by atoms with Crippen molar-refractivity contribution >= 4 is 17.5 Å². The summed E-state index contributed by atoms with van der Waals surface area (Å²) in [6, 6.07) is 3.70. The summed E-state index contributed by atoms with van der Waals surface area (Å²) in [5.41, 5.74) is 7.89. The molecule has 29 heavy (non-hydrogen) atoms. The molecule has 0 bridgehead atoms. The van der Waals surface area contributed by atoms with E-state index >= 15 is 0 Å². The minimum atomic E-state index is -0.482. The lowest BCUT2D eigenvalue weighted by molar-refractivity contribution is -0.139. The van der Waals surface area contributed by atoms with E-state index in [4.69, 9.17) is 20.2 Å². The van der Waals surface area contributed by atoms with E-state index in [9.17, 15) is 9.59 Å². The molecule has 0 aromatic carbocycles. The average molecular weight is 399 g/mol. The highest BCUT2D eigenvalue weighted by atomic mass is 16.5. The molecule has 0 saturated heterocycles. The van der Waals surface area contributed by atoms with Crippen molar-refractivity contribution < 1.29 is 19.1 Å². The molecular weight excluding hydrogens is 370 g/mol. The standard InChI is InChI=1S/C22H29N3O4/c1-4-29-21(27)20-16(13-28-9-7-23)25-15-10-22(2,3)11-17(26)19(15)18(20)14-6-5-8-24-12-14/h5-6,8,12,18-19H,4,7,9-11,13,23H2,1-3H3/t18-,19?/m0/s1. The quantitative estimate of drug-likeness (QED) is 0.558. The normalized spacial score (nSPS) is 23.4. The first-order chi connectivity index (χ1) is 13.9. The number of ketones is 1. The fourth-order valence-electron chi connectivity index (χ4n) is 4.23. The first-order valence-corrected chi connectivity index (χ1v) is 10.1. The minimum Gasteiger partial charge on any atom is -0.463 e. The summed E-state index contributed by atoms with van der Waals surface area (Å²) in [7, 11) is 0. The Kier molecular flexibility index (Phi) is 6.59. The van der Waals surface area contributed by atoms with Crippen LogP contribution in [-0.2, 0) is 19.1 Å². The van der Waals surface area contributed by atoms with Gasteiger partial charge in [-0.3, -0.25) is 14.8 Å². The van der Waals surface area contributed by atoms with Gasteiger partial charge in [0.15, 0.2) is 0 Å². The summed E-state index contributed by atoms with van der Waals surface area (Å²) >= 11 is 0. The Bertz CT molecular complexity index is 830. The lowest BCUT2D eigenvalue weighted by Gasteiger charge is -2.41. The second-order valence-corrected chi connectivity index (χ2v) is 8.25. The van der Waals surface area contributed by atoms with E-state index in [2.05, 4.69) is 18.8 Å². The number of rotatable bonds is 7. The zero-order chi connectivity index (χ0) is 21.0. The van der Waals surface area contributed by atoms with Gasteiger partial charge in [0.1, 0.15) is 5.78 Å². The predicted molar refractivity (Wildman–Crippen MR) is 109 cm³/mol. The number of carbonyl (C=O) groups excluding carboxylic acids is 2. The van der Waals surface area contributed by atoms with Crippen LogP contribution in [0.1, 0.15) is 45.1 Å². The number of esters is 1. The van der Waals surface area contributed by atoms with Gasteiger partial charge < -0.3 is 15.2 Å². The van der Waals surface area contributed by atoms with Gasteiger partial charge in [-0.15, -0.1) is 0 Å². The van der Waals surface area contributed by atoms with Crippen LogP contribution in [-0.4, -0.2) is 48.8 Å². The maximum Gasteiger partial charge on any atom is 0.336 e. The average Bonchev–Trinajstić information content (AvgIpc) is 2.67. The Balaban J connectivity index is 2.15. The fourth-order valence-corrected chi connectivity index (χ4v) is 4.23. The first-order valence-electron chi connectivity index (χ1n) is 10.1. The van der Waals surface area contributed by atoms with Gasteiger partial charge in [-0.05, 0) is 30.4 Å². The van der Waals surface area contributed by atoms with Crippen molar-refractivity contribution in [2.75, 3.05) is 26.4 Å². The number of aliphatic imine (C=N–C) groups is 1. The highest BCUT2D eigenvalue weighted by Crippen LogP contribution is 2.46. The summed E-state index contributed by atoms with van der Waals surface area (Å²) < 4.78 is 11.0. The van der Waals surface area contributed by atoms with E-state index in [1.54, 1.807) is 19.3 Å². The zero-order valence-corrected chi connectivity index (χ0v) is 17.3. The molecule has 1 fully saturated rings. The molecule has 1 aliphatic heterocycles. The number of carbonyl (C=O) groups is 2. The van der Waals surface area contributed by atoms with Crippen molar-refractivity contribution in [1.82, 2.24) is 4.98 Å². The first kappa shape index (κ1) is 21.3. The molecule has 7 heteroatoms. The molecule has 1 aromatic heterocycles. The smallest absolute Gasteiger partial charge is 0.336 e. The third-order valence-corrected chi connectivity index (χ3v) is 5.29. The molecule has 2 N–H and O–H groups in total. The van der Waals surface area contributed by atoms with Crippen molar-refractivity contribution in [3.63, 3.8) is 0 Å². The second kappa shape index (κ2) is 8.97. The number of Topliss-reactive ketones (excluding diaryl/α,β-unsaturated/α-hetero) is 1. The second-order valence-electron chi connectivity index (χ2n) is 8.25. The highest BCUT2D eigenvalue weighted by molar-refractivity contribution is 6.12. The van der Waals surface area contributed by atoms with Crippen LogP contribution in [0.2, 0.25) is 0 Å². The van der Waals surface area contributed by atoms with Crippen molar-refractivity contribution in [1.29, 1.82) is 0 Å². The SMILES string of the molecule is CCOC(=O)C1=C(COCCN)N=C2CC(C)(C)CC(=O)C2[C@@H]1c1cccnc1. The Labute approximate surface area is 171 Å². The minimum absolute atomic E-state index is 0.0950. The number of hydrogen-bond donors (Lipinski definition) is 1. The summed E-state index contributed by atoms with van der Waals surface area (Å²) in [5.74, 6) is -1.33. The van der Waals surface area contributed by atoms with Crippen LogP contribution in [0, 0.1) is 11.3 Å². The molecule has 3 rings (SSSR count). The molecule has 7 nitrogen and oxygen atoms in total. The molecule has 0 amide bonds. The molecule has 2 aliphatic rings. The van der Waals surface area contributed by atoms with E-state index in [1.165, 1.54) is 0 Å². The van der Waals surface area contributed by atoms with Crippen LogP contribution in [0.3, 0.4) is 0 Å². The van der Waals surface area contributed by atoms with E-state index in [0.717, 1.165) is 11.3 Å². The monoisotopic (exact) mass is 399 g/mol. The molecule has 1 unspecified atom stereocenters. The van der Waals surface area contributed by atoms with Gasteiger partial charge in [-0.25, -0.2) is 4.79 Å². The Morgan fingerprint density at radius 1 is 1.31 bits per heavy atom. The van der Waals surface area contributed by atoms with E-state index < -0.39 is 17.8 Å². The molecule has 156 valence electrons. The molecule has 0 radical (unpaired) electrons. The number of aromatic nitrogens is 1. The van der Waals surface area contributed by atoms with Gasteiger partial charge >= 0.3 is 5.97 Å². The molecular formula is C22H29N3O4. The maximum atomic E-state index is 13.2. The molecule has 1 aliphatic carbocycles. The molecule has 1 aromatic rings. The molecule has 2 heterocycles. The number of nitrogens with zero attached hydrogens (tertiary/aromatic N) is 2. The van der Waals surface area contributed by atoms with Crippen molar-refractivity contribution in [3.05, 3.63) is 41.4 Å². The van der Waals surface area contributed by atoms with Gasteiger partial charge in [0.2, 0.25) is 0 Å². The molecule has 0 spiro atoms.